The molecule has 1 aliphatic carbocycles. The van der Waals surface area contributed by atoms with Crippen molar-refractivity contribution in [3.63, 3.8) is 0 Å². The molecule has 1 aromatic carbocycles. The van der Waals surface area contributed by atoms with Crippen molar-refractivity contribution in [3.05, 3.63) is 29.3 Å². The molecule has 106 valence electrons. The maximum Gasteiger partial charge on any atom is 0.119 e. The Kier molecular flexibility index (Phi) is 3.64. The molecule has 0 saturated carbocycles. The number of nitriles is 1. The van der Waals surface area contributed by atoms with Crippen LogP contribution in [-0.4, -0.2) is 43.9 Å². The van der Waals surface area contributed by atoms with Gasteiger partial charge >= 0.3 is 0 Å². The molecule has 1 aromatic rings. The smallest absolute Gasteiger partial charge is 0.119 e. The van der Waals surface area contributed by atoms with Gasteiger partial charge in [-0.1, -0.05) is 6.07 Å². The molecule has 20 heavy (non-hydrogen) atoms. The Labute approximate surface area is 119 Å². The van der Waals surface area contributed by atoms with E-state index in [4.69, 9.17) is 9.47 Å². The number of aryl methyl sites for hydroxylation is 1. The molecular formula is C16H20N2O2. The van der Waals surface area contributed by atoms with Crippen LogP contribution in [0.3, 0.4) is 0 Å². The molecule has 4 nitrogen and oxygen atoms in total. The first-order chi connectivity index (χ1) is 9.77. The average molecular weight is 272 g/mol. The first kappa shape index (κ1) is 13.4. The minimum absolute atomic E-state index is 0.372. The van der Waals surface area contributed by atoms with Gasteiger partial charge in [-0.25, -0.2) is 0 Å². The van der Waals surface area contributed by atoms with Gasteiger partial charge in [-0.3, -0.25) is 4.90 Å². The maximum absolute atomic E-state index is 9.78. The number of hydrogen-bond acceptors (Lipinski definition) is 4. The summed E-state index contributed by atoms with van der Waals surface area (Å²) in [5.41, 5.74) is 2.23. The summed E-state index contributed by atoms with van der Waals surface area (Å²) in [6.45, 7) is 3.17. The Bertz CT molecular complexity index is 532. The Morgan fingerprint density at radius 2 is 2.10 bits per heavy atom. The van der Waals surface area contributed by atoms with Crippen LogP contribution in [0, 0.1) is 11.3 Å². The van der Waals surface area contributed by atoms with Gasteiger partial charge in [-0.05, 0) is 36.1 Å². The van der Waals surface area contributed by atoms with Gasteiger partial charge in [0.2, 0.25) is 0 Å². The van der Waals surface area contributed by atoms with Crippen molar-refractivity contribution >= 4 is 0 Å². The summed E-state index contributed by atoms with van der Waals surface area (Å²) >= 11 is 0. The van der Waals surface area contributed by atoms with Crippen LogP contribution < -0.4 is 4.74 Å². The molecule has 0 aromatic heterocycles. The van der Waals surface area contributed by atoms with Crippen LogP contribution >= 0.6 is 0 Å². The van der Waals surface area contributed by atoms with Crippen molar-refractivity contribution < 1.29 is 9.47 Å². The second-order valence-corrected chi connectivity index (χ2v) is 5.55. The molecule has 3 rings (SSSR count). The van der Waals surface area contributed by atoms with E-state index in [1.807, 2.05) is 6.07 Å². The molecule has 1 aliphatic heterocycles. The third kappa shape index (κ3) is 2.28. The topological polar surface area (TPSA) is 45.5 Å². The van der Waals surface area contributed by atoms with Crippen LogP contribution in [0.25, 0.3) is 0 Å². The summed E-state index contributed by atoms with van der Waals surface area (Å²) in [5, 5.41) is 9.78. The molecule has 0 bridgehead atoms. The predicted molar refractivity (Wildman–Crippen MR) is 75.8 cm³/mol. The zero-order valence-electron chi connectivity index (χ0n) is 11.9. The molecule has 0 N–H and O–H groups in total. The number of ether oxygens (including phenoxy) is 2. The first-order valence-electron chi connectivity index (χ1n) is 7.17. The number of rotatable bonds is 2. The predicted octanol–water partition coefficient (Wildman–Crippen LogP) is 1.78. The fourth-order valence-corrected chi connectivity index (χ4v) is 3.31. The molecule has 1 heterocycles. The second kappa shape index (κ2) is 5.43. The lowest BCUT2D eigenvalue weighted by Crippen LogP contribution is -2.55. The summed E-state index contributed by atoms with van der Waals surface area (Å²) in [4.78, 5) is 2.30. The summed E-state index contributed by atoms with van der Waals surface area (Å²) in [5.74, 6) is 0.875. The fraction of sp³-hybridized carbons (Fsp3) is 0.562. The molecule has 2 aliphatic rings. The number of morpholine rings is 1. The highest BCUT2D eigenvalue weighted by Crippen LogP contribution is 2.35. The van der Waals surface area contributed by atoms with E-state index in [1.54, 1.807) is 7.11 Å². The number of fused-ring (bicyclic) bond motifs is 1. The molecule has 0 amide bonds. The Hall–Kier alpha value is -1.57. The average Bonchev–Trinajstić information content (AvgIpc) is 2.54. The van der Waals surface area contributed by atoms with Gasteiger partial charge < -0.3 is 9.47 Å². The molecule has 1 unspecified atom stereocenters. The van der Waals surface area contributed by atoms with Crippen molar-refractivity contribution in [2.75, 3.05) is 33.4 Å². The molecule has 0 spiro atoms. The van der Waals surface area contributed by atoms with Gasteiger partial charge in [0.05, 0.1) is 26.4 Å². The highest BCUT2D eigenvalue weighted by atomic mass is 16.5. The van der Waals surface area contributed by atoms with E-state index >= 15 is 0 Å². The normalized spacial score (nSPS) is 26.6. The zero-order valence-corrected chi connectivity index (χ0v) is 11.9. The fourth-order valence-electron chi connectivity index (χ4n) is 3.31. The summed E-state index contributed by atoms with van der Waals surface area (Å²) in [6.07, 6.45) is 2.66. The molecule has 1 atom stereocenters. The van der Waals surface area contributed by atoms with Crippen LogP contribution in [-0.2, 0) is 17.6 Å². The molecule has 1 fully saturated rings. The number of hydrogen-bond donors (Lipinski definition) is 0. The van der Waals surface area contributed by atoms with E-state index in [9.17, 15) is 5.26 Å². The van der Waals surface area contributed by atoms with E-state index in [-0.39, 0.29) is 5.54 Å². The van der Waals surface area contributed by atoms with Gasteiger partial charge in [-0.2, -0.15) is 5.26 Å². The molecule has 4 heteroatoms. The van der Waals surface area contributed by atoms with Crippen molar-refractivity contribution in [1.82, 2.24) is 4.90 Å². The monoisotopic (exact) mass is 272 g/mol. The van der Waals surface area contributed by atoms with Crippen molar-refractivity contribution in [1.29, 1.82) is 5.26 Å². The SMILES string of the molecule is COc1ccc2c(c1)CC(C#N)(N1CCOCC1)CC2. The molecular weight excluding hydrogens is 252 g/mol. The lowest BCUT2D eigenvalue weighted by atomic mass is 9.77. The first-order valence-corrected chi connectivity index (χ1v) is 7.17. The highest BCUT2D eigenvalue weighted by Gasteiger charge is 2.40. The van der Waals surface area contributed by atoms with Gasteiger partial charge in [0.1, 0.15) is 11.3 Å². The molecule has 0 radical (unpaired) electrons. The lowest BCUT2D eigenvalue weighted by molar-refractivity contribution is -0.00768. The van der Waals surface area contributed by atoms with Gasteiger partial charge in [0, 0.05) is 19.5 Å². The number of benzene rings is 1. The Morgan fingerprint density at radius 3 is 2.80 bits per heavy atom. The largest absolute Gasteiger partial charge is 0.497 e. The minimum atomic E-state index is -0.372. The van der Waals surface area contributed by atoms with E-state index in [0.29, 0.717) is 0 Å². The Morgan fingerprint density at radius 1 is 1.30 bits per heavy atom. The van der Waals surface area contributed by atoms with E-state index in [2.05, 4.69) is 23.1 Å². The van der Waals surface area contributed by atoms with Gasteiger partial charge in [-0.15, -0.1) is 0 Å². The third-order valence-corrected chi connectivity index (χ3v) is 4.53. The van der Waals surface area contributed by atoms with Crippen molar-refractivity contribution in [2.24, 2.45) is 0 Å². The number of nitrogens with zero attached hydrogens (tertiary/aromatic N) is 2. The minimum Gasteiger partial charge on any atom is -0.497 e. The van der Waals surface area contributed by atoms with Gasteiger partial charge in [0.15, 0.2) is 0 Å². The van der Waals surface area contributed by atoms with Crippen LogP contribution in [0.5, 0.6) is 5.75 Å². The van der Waals surface area contributed by atoms with Crippen LogP contribution in [0.1, 0.15) is 17.5 Å². The second-order valence-electron chi connectivity index (χ2n) is 5.55. The standard InChI is InChI=1S/C16H20N2O2/c1-19-15-3-2-13-4-5-16(12-17,11-14(13)10-15)18-6-8-20-9-7-18/h2-3,10H,4-9,11H2,1H3. The van der Waals surface area contributed by atoms with E-state index in [0.717, 1.165) is 51.3 Å². The van der Waals surface area contributed by atoms with E-state index in [1.165, 1.54) is 11.1 Å². The summed E-state index contributed by atoms with van der Waals surface area (Å²) < 4.78 is 10.7. The molecule has 1 saturated heterocycles. The quantitative estimate of drug-likeness (QED) is 0.823. The van der Waals surface area contributed by atoms with Crippen molar-refractivity contribution in [2.45, 2.75) is 24.8 Å². The maximum atomic E-state index is 9.78. The zero-order chi connectivity index (χ0) is 14.0. The number of methoxy groups -OCH3 is 1. The van der Waals surface area contributed by atoms with E-state index < -0.39 is 0 Å². The summed E-state index contributed by atoms with van der Waals surface area (Å²) in [7, 11) is 1.68. The van der Waals surface area contributed by atoms with Crippen LogP contribution in [0.15, 0.2) is 18.2 Å². The lowest BCUT2D eigenvalue weighted by Gasteiger charge is -2.43. The highest BCUT2D eigenvalue weighted by molar-refractivity contribution is 5.40. The summed E-state index contributed by atoms with van der Waals surface area (Å²) in [6, 6.07) is 8.82. The Balaban J connectivity index is 1.89. The van der Waals surface area contributed by atoms with Gasteiger partial charge in [0.25, 0.3) is 0 Å². The van der Waals surface area contributed by atoms with Crippen LogP contribution in [0.2, 0.25) is 0 Å². The van der Waals surface area contributed by atoms with Crippen LogP contribution in [0.4, 0.5) is 0 Å². The van der Waals surface area contributed by atoms with Crippen molar-refractivity contribution in [3.8, 4) is 11.8 Å². The third-order valence-electron chi connectivity index (χ3n) is 4.53.